The fourth-order valence-corrected chi connectivity index (χ4v) is 3.26. The molecule has 0 spiro atoms. The van der Waals surface area contributed by atoms with Crippen LogP contribution in [0, 0.1) is 20.8 Å². The van der Waals surface area contributed by atoms with Gasteiger partial charge in [0.05, 0.1) is 29.4 Å². The van der Waals surface area contributed by atoms with Crippen LogP contribution in [0.1, 0.15) is 34.3 Å². The molecule has 0 atom stereocenters. The Morgan fingerprint density at radius 3 is 2.52 bits per heavy atom. The molecule has 0 unspecified atom stereocenters. The average molecular weight is 388 g/mol. The van der Waals surface area contributed by atoms with Crippen molar-refractivity contribution in [1.29, 1.82) is 0 Å². The van der Waals surface area contributed by atoms with Gasteiger partial charge in [0.2, 0.25) is 0 Å². The molecular weight excluding hydrogens is 364 g/mol. The SMILES string of the molecule is Cc1nc(CCOc2cccc(Cc3nn(-c4ccccc4)nc3C)c2)c(C)o1. The maximum absolute atomic E-state index is 5.93. The molecule has 0 saturated carbocycles. The molecule has 0 aliphatic rings. The second-order valence-electron chi connectivity index (χ2n) is 7.02. The van der Waals surface area contributed by atoms with E-state index in [1.807, 2.05) is 63.2 Å². The summed E-state index contributed by atoms with van der Waals surface area (Å²) in [6, 6.07) is 18.1. The summed E-state index contributed by atoms with van der Waals surface area (Å²) in [7, 11) is 0. The molecule has 0 amide bonds. The van der Waals surface area contributed by atoms with Crippen LogP contribution in [0.5, 0.6) is 5.75 Å². The summed E-state index contributed by atoms with van der Waals surface area (Å²) >= 11 is 0. The van der Waals surface area contributed by atoms with Gasteiger partial charge in [0.15, 0.2) is 5.89 Å². The van der Waals surface area contributed by atoms with Crippen LogP contribution in [0.3, 0.4) is 0 Å². The highest BCUT2D eigenvalue weighted by Crippen LogP contribution is 2.18. The molecule has 148 valence electrons. The van der Waals surface area contributed by atoms with Gasteiger partial charge >= 0.3 is 0 Å². The van der Waals surface area contributed by atoms with E-state index in [1.54, 1.807) is 4.80 Å². The Morgan fingerprint density at radius 2 is 1.76 bits per heavy atom. The van der Waals surface area contributed by atoms with E-state index in [1.165, 1.54) is 0 Å². The van der Waals surface area contributed by atoms with Crippen LogP contribution in [-0.2, 0) is 12.8 Å². The lowest BCUT2D eigenvalue weighted by Gasteiger charge is -2.07. The van der Waals surface area contributed by atoms with Crippen molar-refractivity contribution in [3.63, 3.8) is 0 Å². The monoisotopic (exact) mass is 388 g/mol. The van der Waals surface area contributed by atoms with Crippen LogP contribution in [-0.4, -0.2) is 26.6 Å². The van der Waals surface area contributed by atoms with Crippen LogP contribution < -0.4 is 4.74 Å². The van der Waals surface area contributed by atoms with E-state index >= 15 is 0 Å². The number of benzene rings is 2. The number of aryl methyl sites for hydroxylation is 3. The average Bonchev–Trinajstić information content (AvgIpc) is 3.24. The lowest BCUT2D eigenvalue weighted by atomic mass is 10.1. The number of ether oxygens (including phenoxy) is 1. The molecule has 0 aliphatic heterocycles. The number of nitrogens with zero attached hydrogens (tertiary/aromatic N) is 4. The topological polar surface area (TPSA) is 66.0 Å². The highest BCUT2D eigenvalue weighted by molar-refractivity contribution is 5.33. The molecular formula is C23H24N4O2. The molecule has 0 bridgehead atoms. The number of rotatable bonds is 7. The highest BCUT2D eigenvalue weighted by Gasteiger charge is 2.10. The van der Waals surface area contributed by atoms with Crippen LogP contribution in [0.2, 0.25) is 0 Å². The second kappa shape index (κ2) is 8.31. The first kappa shape index (κ1) is 18.9. The Bertz CT molecular complexity index is 1100. The molecule has 0 N–H and O–H groups in total. The van der Waals surface area contributed by atoms with E-state index in [-0.39, 0.29) is 0 Å². The van der Waals surface area contributed by atoms with E-state index in [2.05, 4.69) is 27.3 Å². The summed E-state index contributed by atoms with van der Waals surface area (Å²) in [5.74, 6) is 2.39. The maximum atomic E-state index is 5.93. The van der Waals surface area contributed by atoms with Crippen LogP contribution in [0.4, 0.5) is 0 Å². The molecule has 29 heavy (non-hydrogen) atoms. The van der Waals surface area contributed by atoms with Crippen LogP contribution >= 0.6 is 0 Å². The number of hydrogen-bond donors (Lipinski definition) is 0. The minimum atomic E-state index is 0.555. The number of aromatic nitrogens is 4. The van der Waals surface area contributed by atoms with Gasteiger partial charge in [0.1, 0.15) is 11.5 Å². The molecule has 2 aromatic carbocycles. The Kier molecular flexibility index (Phi) is 5.42. The van der Waals surface area contributed by atoms with Gasteiger partial charge < -0.3 is 9.15 Å². The van der Waals surface area contributed by atoms with E-state index in [0.717, 1.165) is 46.3 Å². The summed E-state index contributed by atoms with van der Waals surface area (Å²) < 4.78 is 11.4. The molecule has 4 rings (SSSR count). The second-order valence-corrected chi connectivity index (χ2v) is 7.02. The summed E-state index contributed by atoms with van der Waals surface area (Å²) in [5.41, 5.74) is 4.93. The van der Waals surface area contributed by atoms with Gasteiger partial charge in [-0.15, -0.1) is 0 Å². The Morgan fingerprint density at radius 1 is 0.931 bits per heavy atom. The predicted molar refractivity (Wildman–Crippen MR) is 111 cm³/mol. The standard InChI is InChI=1S/C23H24N4O2/c1-16-23(26-27(25-16)20-9-5-4-6-10-20)15-19-8-7-11-21(14-19)28-13-12-22-17(2)29-18(3)24-22/h4-11,14H,12-13,15H2,1-3H3. The van der Waals surface area contributed by atoms with Crippen molar-refractivity contribution >= 4 is 0 Å². The smallest absolute Gasteiger partial charge is 0.191 e. The van der Waals surface area contributed by atoms with Gasteiger partial charge in [-0.2, -0.15) is 15.0 Å². The zero-order valence-electron chi connectivity index (χ0n) is 16.9. The first-order valence-corrected chi connectivity index (χ1v) is 9.71. The minimum Gasteiger partial charge on any atom is -0.493 e. The fraction of sp³-hybridized carbons (Fsp3) is 0.261. The van der Waals surface area contributed by atoms with Crippen molar-refractivity contribution in [1.82, 2.24) is 20.0 Å². The minimum absolute atomic E-state index is 0.555. The Hall–Kier alpha value is -3.41. The fourth-order valence-electron chi connectivity index (χ4n) is 3.26. The number of oxazole rings is 1. The number of para-hydroxylation sites is 1. The molecule has 2 aromatic heterocycles. The van der Waals surface area contributed by atoms with Gasteiger partial charge in [-0.05, 0) is 43.7 Å². The maximum Gasteiger partial charge on any atom is 0.191 e. The van der Waals surface area contributed by atoms with Crippen LogP contribution in [0.25, 0.3) is 5.69 Å². The molecule has 0 aliphatic carbocycles. The quantitative estimate of drug-likeness (QED) is 0.470. The third kappa shape index (κ3) is 4.54. The zero-order valence-corrected chi connectivity index (χ0v) is 16.9. The van der Waals surface area contributed by atoms with Gasteiger partial charge in [-0.3, -0.25) is 0 Å². The highest BCUT2D eigenvalue weighted by atomic mass is 16.5. The van der Waals surface area contributed by atoms with Crippen molar-refractivity contribution in [2.45, 2.75) is 33.6 Å². The van der Waals surface area contributed by atoms with Gasteiger partial charge in [0.25, 0.3) is 0 Å². The van der Waals surface area contributed by atoms with Gasteiger partial charge in [-0.25, -0.2) is 4.98 Å². The predicted octanol–water partition coefficient (Wildman–Crippen LogP) is 4.39. The third-order valence-corrected chi connectivity index (χ3v) is 4.74. The molecule has 6 heteroatoms. The van der Waals surface area contributed by atoms with Crippen molar-refractivity contribution in [2.24, 2.45) is 0 Å². The third-order valence-electron chi connectivity index (χ3n) is 4.74. The summed E-state index contributed by atoms with van der Waals surface area (Å²) in [6.45, 7) is 6.33. The molecule has 6 nitrogen and oxygen atoms in total. The summed E-state index contributed by atoms with van der Waals surface area (Å²) in [4.78, 5) is 6.08. The normalized spacial score (nSPS) is 11.0. The van der Waals surface area contributed by atoms with Gasteiger partial charge in [0, 0.05) is 19.8 Å². The number of hydrogen-bond acceptors (Lipinski definition) is 5. The summed E-state index contributed by atoms with van der Waals surface area (Å²) in [5, 5.41) is 9.22. The lowest BCUT2D eigenvalue weighted by Crippen LogP contribution is -2.03. The van der Waals surface area contributed by atoms with Crippen molar-refractivity contribution in [2.75, 3.05) is 6.61 Å². The van der Waals surface area contributed by atoms with E-state index in [9.17, 15) is 0 Å². The first-order chi connectivity index (χ1) is 14.1. The molecule has 4 aromatic rings. The van der Waals surface area contributed by atoms with Gasteiger partial charge in [-0.1, -0.05) is 30.3 Å². The molecule has 0 fully saturated rings. The zero-order chi connectivity index (χ0) is 20.2. The Labute approximate surface area is 170 Å². The van der Waals surface area contributed by atoms with Crippen molar-refractivity contribution in [3.05, 3.63) is 88.9 Å². The Balaban J connectivity index is 1.41. The van der Waals surface area contributed by atoms with Crippen molar-refractivity contribution < 1.29 is 9.15 Å². The largest absolute Gasteiger partial charge is 0.493 e. The summed E-state index contributed by atoms with van der Waals surface area (Å²) in [6.07, 6.45) is 1.43. The van der Waals surface area contributed by atoms with E-state index < -0.39 is 0 Å². The van der Waals surface area contributed by atoms with E-state index in [4.69, 9.17) is 9.15 Å². The lowest BCUT2D eigenvalue weighted by molar-refractivity contribution is 0.319. The van der Waals surface area contributed by atoms with Crippen molar-refractivity contribution in [3.8, 4) is 11.4 Å². The van der Waals surface area contributed by atoms with Crippen LogP contribution in [0.15, 0.2) is 59.0 Å². The molecule has 0 radical (unpaired) electrons. The molecule has 2 heterocycles. The first-order valence-electron chi connectivity index (χ1n) is 9.71. The van der Waals surface area contributed by atoms with E-state index in [0.29, 0.717) is 18.9 Å². The molecule has 0 saturated heterocycles.